The van der Waals surface area contributed by atoms with Gasteiger partial charge in [0.2, 0.25) is 0 Å². The van der Waals surface area contributed by atoms with E-state index in [0.29, 0.717) is 13.2 Å². The lowest BCUT2D eigenvalue weighted by atomic mass is 10.4. The van der Waals surface area contributed by atoms with E-state index in [0.717, 1.165) is 5.69 Å². The predicted octanol–water partition coefficient (Wildman–Crippen LogP) is 0.327. The molecule has 5 nitrogen and oxygen atoms in total. The van der Waals surface area contributed by atoms with Gasteiger partial charge in [-0.2, -0.15) is 0 Å². The van der Waals surface area contributed by atoms with Crippen molar-refractivity contribution < 1.29 is 14.1 Å². The molecule has 0 spiro atoms. The fourth-order valence-electron chi connectivity index (χ4n) is 0.833. The molecule has 0 radical (unpaired) electrons. The molecule has 0 atom stereocenters. The molecule has 1 rings (SSSR count). The molecule has 13 heavy (non-hydrogen) atoms. The van der Waals surface area contributed by atoms with Crippen LogP contribution in [0.2, 0.25) is 0 Å². The maximum atomic E-state index is 10.8. The van der Waals surface area contributed by atoms with Crippen molar-refractivity contribution in [2.45, 2.75) is 13.5 Å². The van der Waals surface area contributed by atoms with Gasteiger partial charge in [0.15, 0.2) is 0 Å². The Morgan fingerprint density at radius 2 is 2.62 bits per heavy atom. The lowest BCUT2D eigenvalue weighted by molar-refractivity contribution is -0.142. The molecule has 0 aliphatic carbocycles. The molecule has 72 valence electrons. The first kappa shape index (κ1) is 9.73. The first-order valence-corrected chi connectivity index (χ1v) is 4.08. The van der Waals surface area contributed by atoms with E-state index < -0.39 is 0 Å². The van der Waals surface area contributed by atoms with E-state index in [9.17, 15) is 4.79 Å². The monoisotopic (exact) mass is 184 g/mol. The summed E-state index contributed by atoms with van der Waals surface area (Å²) >= 11 is 0. The zero-order valence-electron chi connectivity index (χ0n) is 7.45. The third-order valence-electron chi connectivity index (χ3n) is 1.37. The van der Waals surface area contributed by atoms with Crippen molar-refractivity contribution in [3.63, 3.8) is 0 Å². The average Bonchev–Trinajstić information content (AvgIpc) is 2.57. The molecule has 0 aromatic carbocycles. The summed E-state index contributed by atoms with van der Waals surface area (Å²) in [7, 11) is 0. The summed E-state index contributed by atoms with van der Waals surface area (Å²) in [6, 6.07) is 1.73. The van der Waals surface area contributed by atoms with Crippen LogP contribution in [0.4, 0.5) is 0 Å². The zero-order chi connectivity index (χ0) is 9.52. The molecule has 5 heteroatoms. The summed E-state index contributed by atoms with van der Waals surface area (Å²) < 4.78 is 9.33. The van der Waals surface area contributed by atoms with E-state index >= 15 is 0 Å². The summed E-state index contributed by atoms with van der Waals surface area (Å²) in [6.45, 7) is 2.88. The van der Waals surface area contributed by atoms with Crippen LogP contribution in [0.1, 0.15) is 12.6 Å². The van der Waals surface area contributed by atoms with Crippen molar-refractivity contribution in [1.29, 1.82) is 0 Å². The molecule has 0 amide bonds. The first-order valence-electron chi connectivity index (χ1n) is 4.08. The number of ether oxygens (including phenoxy) is 1. The second-order valence-electron chi connectivity index (χ2n) is 2.40. The highest BCUT2D eigenvalue weighted by molar-refractivity contribution is 5.71. The minimum absolute atomic E-state index is 0.195. The number of esters is 1. The minimum atomic E-state index is -0.258. The number of rotatable bonds is 5. The van der Waals surface area contributed by atoms with E-state index in [-0.39, 0.29) is 12.5 Å². The standard InChI is InChI=1S/C8H12N2O3/c1-2-12-8(11)6-9-5-7-3-4-13-10-7/h3-4,9H,2,5-6H2,1H3. The highest BCUT2D eigenvalue weighted by Gasteiger charge is 2.01. The summed E-state index contributed by atoms with van der Waals surface area (Å²) in [5.74, 6) is -0.258. The number of nitrogens with zero attached hydrogens (tertiary/aromatic N) is 1. The number of carbonyl (C=O) groups is 1. The molecule has 0 unspecified atom stereocenters. The Morgan fingerprint density at radius 3 is 3.23 bits per heavy atom. The molecular formula is C8H12N2O3. The van der Waals surface area contributed by atoms with Gasteiger partial charge in [0, 0.05) is 12.6 Å². The van der Waals surface area contributed by atoms with E-state index in [2.05, 4.69) is 15.0 Å². The van der Waals surface area contributed by atoms with Gasteiger partial charge in [0.25, 0.3) is 0 Å². The topological polar surface area (TPSA) is 64.4 Å². The lowest BCUT2D eigenvalue weighted by Crippen LogP contribution is -2.24. The van der Waals surface area contributed by atoms with Crippen molar-refractivity contribution in [2.75, 3.05) is 13.2 Å². The molecule has 1 N–H and O–H groups in total. The van der Waals surface area contributed by atoms with E-state index in [1.54, 1.807) is 13.0 Å². The quantitative estimate of drug-likeness (QED) is 0.668. The SMILES string of the molecule is CCOC(=O)CNCc1ccon1. The molecule has 0 bridgehead atoms. The Bertz CT molecular complexity index is 246. The van der Waals surface area contributed by atoms with Gasteiger partial charge in [-0.3, -0.25) is 4.79 Å². The molecule has 1 heterocycles. The molecule has 0 aliphatic rings. The molecule has 0 fully saturated rings. The summed E-state index contributed by atoms with van der Waals surface area (Å²) in [4.78, 5) is 10.8. The van der Waals surface area contributed by atoms with Gasteiger partial charge in [-0.25, -0.2) is 0 Å². The second kappa shape index (κ2) is 5.31. The smallest absolute Gasteiger partial charge is 0.319 e. The number of hydrogen-bond donors (Lipinski definition) is 1. The second-order valence-corrected chi connectivity index (χ2v) is 2.40. The number of nitrogens with one attached hydrogen (secondary N) is 1. The van der Waals surface area contributed by atoms with Gasteiger partial charge in [-0.15, -0.1) is 0 Å². The predicted molar refractivity (Wildman–Crippen MR) is 44.8 cm³/mol. The third kappa shape index (κ3) is 3.71. The summed E-state index contributed by atoms with van der Waals surface area (Å²) in [5.41, 5.74) is 0.768. The zero-order valence-corrected chi connectivity index (χ0v) is 7.45. The van der Waals surface area contributed by atoms with Gasteiger partial charge in [0.05, 0.1) is 18.8 Å². The summed E-state index contributed by atoms with van der Waals surface area (Å²) in [6.07, 6.45) is 1.49. The number of hydrogen-bond acceptors (Lipinski definition) is 5. The van der Waals surface area contributed by atoms with Gasteiger partial charge < -0.3 is 14.6 Å². The summed E-state index contributed by atoms with van der Waals surface area (Å²) in [5, 5.41) is 6.54. The van der Waals surface area contributed by atoms with Gasteiger partial charge in [-0.05, 0) is 6.92 Å². The van der Waals surface area contributed by atoms with Gasteiger partial charge in [-0.1, -0.05) is 5.16 Å². The molecule has 0 saturated heterocycles. The Kier molecular flexibility index (Phi) is 3.98. The van der Waals surface area contributed by atoms with Crippen LogP contribution < -0.4 is 5.32 Å². The molecule has 0 aliphatic heterocycles. The van der Waals surface area contributed by atoms with Crippen LogP contribution in [0.5, 0.6) is 0 Å². The van der Waals surface area contributed by atoms with Crippen molar-refractivity contribution in [2.24, 2.45) is 0 Å². The Balaban J connectivity index is 2.11. The molecular weight excluding hydrogens is 172 g/mol. The Morgan fingerprint density at radius 1 is 1.77 bits per heavy atom. The van der Waals surface area contributed by atoms with Crippen molar-refractivity contribution >= 4 is 5.97 Å². The van der Waals surface area contributed by atoms with Crippen molar-refractivity contribution in [1.82, 2.24) is 10.5 Å². The van der Waals surface area contributed by atoms with Crippen LogP contribution in [0.3, 0.4) is 0 Å². The molecule has 1 aromatic rings. The molecule has 1 aromatic heterocycles. The number of carbonyl (C=O) groups excluding carboxylic acids is 1. The van der Waals surface area contributed by atoms with E-state index in [4.69, 9.17) is 4.74 Å². The maximum Gasteiger partial charge on any atom is 0.319 e. The highest BCUT2D eigenvalue weighted by atomic mass is 16.5. The lowest BCUT2D eigenvalue weighted by Gasteiger charge is -2.01. The van der Waals surface area contributed by atoms with Crippen LogP contribution in [-0.2, 0) is 16.1 Å². The fraction of sp³-hybridized carbons (Fsp3) is 0.500. The minimum Gasteiger partial charge on any atom is -0.465 e. The van der Waals surface area contributed by atoms with Crippen LogP contribution in [-0.4, -0.2) is 24.3 Å². The largest absolute Gasteiger partial charge is 0.465 e. The van der Waals surface area contributed by atoms with Gasteiger partial charge >= 0.3 is 5.97 Å². The van der Waals surface area contributed by atoms with Crippen molar-refractivity contribution in [3.05, 3.63) is 18.0 Å². The van der Waals surface area contributed by atoms with E-state index in [1.165, 1.54) is 6.26 Å². The van der Waals surface area contributed by atoms with Crippen LogP contribution in [0.15, 0.2) is 16.9 Å². The highest BCUT2D eigenvalue weighted by Crippen LogP contribution is 1.92. The van der Waals surface area contributed by atoms with E-state index in [1.807, 2.05) is 0 Å². The van der Waals surface area contributed by atoms with Crippen LogP contribution >= 0.6 is 0 Å². The normalized spacial score (nSPS) is 9.92. The third-order valence-corrected chi connectivity index (χ3v) is 1.37. The van der Waals surface area contributed by atoms with Gasteiger partial charge in [0.1, 0.15) is 6.26 Å². The first-order chi connectivity index (χ1) is 6.33. The molecule has 0 saturated carbocycles. The maximum absolute atomic E-state index is 10.8. The Labute approximate surface area is 76.0 Å². The van der Waals surface area contributed by atoms with Crippen molar-refractivity contribution in [3.8, 4) is 0 Å². The number of aromatic nitrogens is 1. The fourth-order valence-corrected chi connectivity index (χ4v) is 0.833. The van der Waals surface area contributed by atoms with Crippen LogP contribution in [0, 0.1) is 0 Å². The Hall–Kier alpha value is -1.36. The van der Waals surface area contributed by atoms with Crippen LogP contribution in [0.25, 0.3) is 0 Å². The average molecular weight is 184 g/mol.